The minimum atomic E-state index is -4.81. The Labute approximate surface area is 183 Å². The molecule has 0 spiro atoms. The Morgan fingerprint density at radius 1 is 1.03 bits per heavy atom. The topological polar surface area (TPSA) is 57.7 Å². The number of aryl methyl sites for hydroxylation is 1. The van der Waals surface area contributed by atoms with Gasteiger partial charge in [0.25, 0.3) is 0 Å². The third-order valence-electron chi connectivity index (χ3n) is 5.76. The summed E-state index contributed by atoms with van der Waals surface area (Å²) in [7, 11) is 0. The van der Waals surface area contributed by atoms with Gasteiger partial charge in [-0.15, -0.1) is 0 Å². The molecule has 1 aliphatic heterocycles. The standard InChI is InChI=1S/C22H15F6N5/c1-10-2-4-13(17(25)16(10)24)19-18-12(14-8-11(23)3-5-15(14)31-18)6-7-33(19)21-30-9-29-20(32-21)22(26,27)28/h2-5,8-9,19,31H,6-7H2,1H3. The van der Waals surface area contributed by atoms with Crippen molar-refractivity contribution in [3.63, 3.8) is 0 Å². The summed E-state index contributed by atoms with van der Waals surface area (Å²) in [5.41, 5.74) is 1.60. The largest absolute Gasteiger partial charge is 0.451 e. The first kappa shape index (κ1) is 21.2. The second-order valence-corrected chi connectivity index (χ2v) is 7.76. The summed E-state index contributed by atoms with van der Waals surface area (Å²) in [6.07, 6.45) is -3.79. The van der Waals surface area contributed by atoms with Crippen LogP contribution in [0, 0.1) is 24.4 Å². The number of hydrogen-bond donors (Lipinski definition) is 1. The predicted molar refractivity (Wildman–Crippen MR) is 107 cm³/mol. The monoisotopic (exact) mass is 463 g/mol. The normalized spacial score (nSPS) is 16.3. The van der Waals surface area contributed by atoms with E-state index in [2.05, 4.69) is 19.9 Å². The average molecular weight is 463 g/mol. The van der Waals surface area contributed by atoms with E-state index in [-0.39, 0.29) is 30.0 Å². The van der Waals surface area contributed by atoms with Gasteiger partial charge in [-0.2, -0.15) is 18.2 Å². The first-order chi connectivity index (χ1) is 15.6. The summed E-state index contributed by atoms with van der Waals surface area (Å²) in [6.45, 7) is 1.48. The lowest BCUT2D eigenvalue weighted by molar-refractivity contribution is -0.145. The zero-order chi connectivity index (χ0) is 23.5. The zero-order valence-corrected chi connectivity index (χ0v) is 17.0. The number of rotatable bonds is 2. The van der Waals surface area contributed by atoms with Crippen LogP contribution in [0.2, 0.25) is 0 Å². The summed E-state index contributed by atoms with van der Waals surface area (Å²) in [6, 6.07) is 5.78. The van der Waals surface area contributed by atoms with Crippen molar-refractivity contribution in [2.75, 3.05) is 11.4 Å². The maximum atomic E-state index is 15.1. The van der Waals surface area contributed by atoms with Crippen molar-refractivity contribution in [1.82, 2.24) is 19.9 Å². The second kappa shape index (κ2) is 7.46. The number of benzene rings is 2. The van der Waals surface area contributed by atoms with Crippen LogP contribution in [-0.2, 0) is 12.6 Å². The van der Waals surface area contributed by atoms with Gasteiger partial charge in [0.2, 0.25) is 11.8 Å². The Hall–Kier alpha value is -3.63. The van der Waals surface area contributed by atoms with Crippen molar-refractivity contribution in [2.45, 2.75) is 25.6 Å². The molecule has 1 aliphatic rings. The highest BCUT2D eigenvalue weighted by Crippen LogP contribution is 2.41. The zero-order valence-electron chi connectivity index (χ0n) is 17.0. The highest BCUT2D eigenvalue weighted by Gasteiger charge is 2.39. The molecule has 5 rings (SSSR count). The fourth-order valence-corrected chi connectivity index (χ4v) is 4.23. The molecular formula is C22H15F6N5. The molecule has 0 amide bonds. The van der Waals surface area contributed by atoms with Crippen LogP contribution in [0.15, 0.2) is 36.7 Å². The van der Waals surface area contributed by atoms with Gasteiger partial charge in [-0.1, -0.05) is 12.1 Å². The Balaban J connectivity index is 1.74. The molecule has 3 heterocycles. The van der Waals surface area contributed by atoms with Gasteiger partial charge >= 0.3 is 6.18 Å². The highest BCUT2D eigenvalue weighted by molar-refractivity contribution is 5.86. The lowest BCUT2D eigenvalue weighted by Gasteiger charge is -2.36. The number of aromatic nitrogens is 4. The van der Waals surface area contributed by atoms with Gasteiger partial charge in [0.05, 0.1) is 0 Å². The number of H-pyrrole nitrogens is 1. The minimum absolute atomic E-state index is 0.0806. The maximum Gasteiger partial charge on any atom is 0.451 e. The van der Waals surface area contributed by atoms with Crippen molar-refractivity contribution in [3.8, 4) is 0 Å². The SMILES string of the molecule is Cc1ccc(C2c3[nH]c4ccc(F)cc4c3CCN2c2ncnc(C(F)(F)F)n2)c(F)c1F. The first-order valence-electron chi connectivity index (χ1n) is 9.92. The van der Waals surface area contributed by atoms with Crippen LogP contribution < -0.4 is 4.90 Å². The van der Waals surface area contributed by atoms with Crippen molar-refractivity contribution >= 4 is 16.9 Å². The van der Waals surface area contributed by atoms with Crippen molar-refractivity contribution in [3.05, 3.63) is 82.3 Å². The Kier molecular flexibility index (Phi) is 4.80. The second-order valence-electron chi connectivity index (χ2n) is 7.76. The summed E-state index contributed by atoms with van der Waals surface area (Å²) in [5, 5.41) is 0.564. The van der Waals surface area contributed by atoms with Crippen molar-refractivity contribution in [2.24, 2.45) is 0 Å². The van der Waals surface area contributed by atoms with E-state index in [1.807, 2.05) is 0 Å². The number of anilines is 1. The molecule has 0 radical (unpaired) electrons. The summed E-state index contributed by atoms with van der Waals surface area (Å²) < 4.78 is 83.1. The van der Waals surface area contributed by atoms with E-state index in [9.17, 15) is 22.0 Å². The Morgan fingerprint density at radius 3 is 2.58 bits per heavy atom. The molecular weight excluding hydrogens is 448 g/mol. The van der Waals surface area contributed by atoms with Crippen molar-refractivity contribution in [1.29, 1.82) is 0 Å². The van der Waals surface area contributed by atoms with E-state index in [0.29, 0.717) is 22.2 Å². The summed E-state index contributed by atoms with van der Waals surface area (Å²) in [5.74, 6) is -4.39. The minimum Gasteiger partial charge on any atom is -0.356 e. The molecule has 2 aromatic heterocycles. The number of hydrogen-bond acceptors (Lipinski definition) is 4. The van der Waals surface area contributed by atoms with Gasteiger partial charge in [-0.05, 0) is 42.7 Å². The molecule has 1 unspecified atom stereocenters. The molecule has 33 heavy (non-hydrogen) atoms. The summed E-state index contributed by atoms with van der Waals surface area (Å²) in [4.78, 5) is 15.1. The molecule has 0 aliphatic carbocycles. The van der Waals surface area contributed by atoms with E-state index >= 15 is 4.39 Å². The molecule has 1 atom stereocenters. The van der Waals surface area contributed by atoms with E-state index in [4.69, 9.17) is 0 Å². The van der Waals surface area contributed by atoms with Crippen LogP contribution in [-0.4, -0.2) is 26.5 Å². The lowest BCUT2D eigenvalue weighted by Crippen LogP contribution is -2.38. The molecule has 0 fully saturated rings. The molecule has 1 N–H and O–H groups in total. The van der Waals surface area contributed by atoms with Crippen LogP contribution in [0.3, 0.4) is 0 Å². The van der Waals surface area contributed by atoms with Crippen LogP contribution in [0.5, 0.6) is 0 Å². The van der Waals surface area contributed by atoms with Crippen LogP contribution in [0.1, 0.15) is 34.3 Å². The molecule has 0 saturated heterocycles. The van der Waals surface area contributed by atoms with Gasteiger partial charge in [0, 0.05) is 28.7 Å². The number of nitrogens with one attached hydrogen (secondary N) is 1. The smallest absolute Gasteiger partial charge is 0.356 e. The molecule has 5 nitrogen and oxygen atoms in total. The van der Waals surface area contributed by atoms with Gasteiger partial charge in [-0.3, -0.25) is 0 Å². The third kappa shape index (κ3) is 3.47. The van der Waals surface area contributed by atoms with Crippen LogP contribution in [0.4, 0.5) is 32.3 Å². The molecule has 0 bridgehead atoms. The summed E-state index contributed by atoms with van der Waals surface area (Å²) >= 11 is 0. The molecule has 170 valence electrons. The lowest BCUT2D eigenvalue weighted by atomic mass is 9.91. The fourth-order valence-electron chi connectivity index (χ4n) is 4.23. The fraction of sp³-hybridized carbons (Fsp3) is 0.227. The van der Waals surface area contributed by atoms with Gasteiger partial charge in [0.15, 0.2) is 11.6 Å². The number of aromatic amines is 1. The van der Waals surface area contributed by atoms with Gasteiger partial charge in [0.1, 0.15) is 18.2 Å². The highest BCUT2D eigenvalue weighted by atomic mass is 19.4. The van der Waals surface area contributed by atoms with Crippen LogP contribution in [0.25, 0.3) is 10.9 Å². The third-order valence-corrected chi connectivity index (χ3v) is 5.76. The Bertz CT molecular complexity index is 1380. The molecule has 4 aromatic rings. The van der Waals surface area contributed by atoms with E-state index < -0.39 is 35.5 Å². The molecule has 2 aromatic carbocycles. The molecule has 11 heteroatoms. The number of alkyl halides is 3. The first-order valence-corrected chi connectivity index (χ1v) is 9.92. The van der Waals surface area contributed by atoms with Crippen molar-refractivity contribution < 1.29 is 26.3 Å². The molecule has 0 saturated carbocycles. The average Bonchev–Trinajstić information content (AvgIpc) is 3.15. The van der Waals surface area contributed by atoms with E-state index in [0.717, 1.165) is 6.33 Å². The quantitative estimate of drug-likeness (QED) is 0.413. The predicted octanol–water partition coefficient (Wildman–Crippen LogP) is 5.25. The van der Waals surface area contributed by atoms with Crippen LogP contribution >= 0.6 is 0 Å². The van der Waals surface area contributed by atoms with E-state index in [1.54, 1.807) is 0 Å². The van der Waals surface area contributed by atoms with E-state index in [1.165, 1.54) is 42.2 Å². The number of halogens is 6. The number of fused-ring (bicyclic) bond motifs is 3. The van der Waals surface area contributed by atoms with Gasteiger partial charge < -0.3 is 9.88 Å². The number of nitrogens with zero attached hydrogens (tertiary/aromatic N) is 4. The maximum absolute atomic E-state index is 15.1. The Morgan fingerprint density at radius 2 is 1.82 bits per heavy atom. The van der Waals surface area contributed by atoms with Gasteiger partial charge in [-0.25, -0.2) is 23.1 Å².